The molecule has 0 bridgehead atoms. The van der Waals surface area contributed by atoms with Crippen LogP contribution in [0.2, 0.25) is 0 Å². The van der Waals surface area contributed by atoms with Crippen LogP contribution in [0, 0.1) is 0 Å². The first-order valence-corrected chi connectivity index (χ1v) is 7.19. The maximum Gasteiger partial charge on any atom is 0.147 e. The van der Waals surface area contributed by atoms with Crippen molar-refractivity contribution in [2.45, 2.75) is 30.5 Å². The maximum absolute atomic E-state index is 5.52. The Kier molecular flexibility index (Phi) is 4.76. The fraction of sp³-hybridized carbons (Fsp3) is 0.286. The maximum atomic E-state index is 5.52. The van der Waals surface area contributed by atoms with E-state index in [9.17, 15) is 0 Å². The van der Waals surface area contributed by atoms with Gasteiger partial charge in [0, 0.05) is 11.3 Å². The highest BCUT2D eigenvalue weighted by Crippen LogP contribution is 2.32. The number of thioether (sulfide) groups is 1. The molecule has 0 saturated carbocycles. The predicted molar refractivity (Wildman–Crippen MR) is 79.9 cm³/mol. The molecular formula is C14H18N4S. The predicted octanol–water partition coefficient (Wildman–Crippen LogP) is 3.18. The summed E-state index contributed by atoms with van der Waals surface area (Å²) < 4.78 is 0. The zero-order valence-corrected chi connectivity index (χ0v) is 11.9. The van der Waals surface area contributed by atoms with Crippen LogP contribution in [-0.2, 0) is 5.75 Å². The fourth-order valence-corrected chi connectivity index (χ4v) is 2.96. The number of hydrogen-bond acceptors (Lipinski definition) is 5. The lowest BCUT2D eigenvalue weighted by atomic mass is 10.1. The number of hydrogen-bond donors (Lipinski definition) is 2. The van der Waals surface area contributed by atoms with Crippen molar-refractivity contribution in [3.05, 3.63) is 47.8 Å². The van der Waals surface area contributed by atoms with Gasteiger partial charge in [-0.25, -0.2) is 15.8 Å². The standard InChI is InChI=1S/C14H18N4S/c1-10(2)12-13(18-15)16-9-17-14(12)19-8-11-6-4-3-5-7-11/h3-7,9-10H,8,15H2,1-2H3,(H,16,17,18). The number of nitrogens with zero attached hydrogens (tertiary/aromatic N) is 2. The number of aromatic nitrogens is 2. The van der Waals surface area contributed by atoms with Crippen LogP contribution in [0.25, 0.3) is 0 Å². The smallest absolute Gasteiger partial charge is 0.147 e. The minimum absolute atomic E-state index is 0.325. The minimum Gasteiger partial charge on any atom is -0.308 e. The Labute approximate surface area is 117 Å². The van der Waals surface area contributed by atoms with E-state index in [1.165, 1.54) is 5.56 Å². The lowest BCUT2D eigenvalue weighted by Crippen LogP contribution is -2.13. The molecule has 0 saturated heterocycles. The van der Waals surface area contributed by atoms with Gasteiger partial charge in [0.05, 0.1) is 0 Å². The van der Waals surface area contributed by atoms with Crippen molar-refractivity contribution in [1.29, 1.82) is 0 Å². The van der Waals surface area contributed by atoms with Crippen LogP contribution in [0.1, 0.15) is 30.9 Å². The molecule has 19 heavy (non-hydrogen) atoms. The van der Waals surface area contributed by atoms with Gasteiger partial charge in [-0.3, -0.25) is 0 Å². The van der Waals surface area contributed by atoms with Crippen molar-refractivity contribution in [3.8, 4) is 0 Å². The zero-order chi connectivity index (χ0) is 13.7. The number of nitrogens with one attached hydrogen (secondary N) is 1. The van der Waals surface area contributed by atoms with Crippen molar-refractivity contribution >= 4 is 17.6 Å². The van der Waals surface area contributed by atoms with Crippen LogP contribution in [-0.4, -0.2) is 9.97 Å². The van der Waals surface area contributed by atoms with Gasteiger partial charge in [0.1, 0.15) is 17.2 Å². The molecule has 100 valence electrons. The molecule has 1 aromatic carbocycles. The normalized spacial score (nSPS) is 10.7. The second kappa shape index (κ2) is 6.54. The van der Waals surface area contributed by atoms with E-state index < -0.39 is 0 Å². The number of rotatable bonds is 5. The second-order valence-electron chi connectivity index (χ2n) is 4.51. The van der Waals surface area contributed by atoms with Gasteiger partial charge in [-0.15, -0.1) is 11.8 Å². The Morgan fingerprint density at radius 2 is 1.95 bits per heavy atom. The van der Waals surface area contributed by atoms with E-state index in [1.807, 2.05) is 18.2 Å². The van der Waals surface area contributed by atoms with Gasteiger partial charge in [-0.1, -0.05) is 44.2 Å². The molecule has 0 atom stereocenters. The van der Waals surface area contributed by atoms with Crippen LogP contribution in [0.3, 0.4) is 0 Å². The summed E-state index contributed by atoms with van der Waals surface area (Å²) in [7, 11) is 0. The van der Waals surface area contributed by atoms with Crippen molar-refractivity contribution < 1.29 is 0 Å². The van der Waals surface area contributed by atoms with Crippen LogP contribution >= 0.6 is 11.8 Å². The highest BCUT2D eigenvalue weighted by Gasteiger charge is 2.14. The first-order chi connectivity index (χ1) is 9.22. The molecule has 0 spiro atoms. The first kappa shape index (κ1) is 13.8. The van der Waals surface area contributed by atoms with Gasteiger partial charge in [-0.2, -0.15) is 0 Å². The Bertz CT molecular complexity index is 528. The molecule has 1 aromatic heterocycles. The number of anilines is 1. The molecule has 5 heteroatoms. The third kappa shape index (κ3) is 3.45. The summed E-state index contributed by atoms with van der Waals surface area (Å²) >= 11 is 1.71. The average molecular weight is 274 g/mol. The lowest BCUT2D eigenvalue weighted by molar-refractivity contribution is 0.804. The van der Waals surface area contributed by atoms with Crippen molar-refractivity contribution in [3.63, 3.8) is 0 Å². The van der Waals surface area contributed by atoms with Crippen LogP contribution in [0.4, 0.5) is 5.82 Å². The topological polar surface area (TPSA) is 63.8 Å². The van der Waals surface area contributed by atoms with E-state index in [0.717, 1.165) is 16.3 Å². The van der Waals surface area contributed by atoms with Gasteiger partial charge in [0.2, 0.25) is 0 Å². The summed E-state index contributed by atoms with van der Waals surface area (Å²) in [6.07, 6.45) is 1.55. The summed E-state index contributed by atoms with van der Waals surface area (Å²) in [4.78, 5) is 8.55. The third-order valence-corrected chi connectivity index (χ3v) is 3.86. The quantitative estimate of drug-likeness (QED) is 0.379. The zero-order valence-electron chi connectivity index (χ0n) is 11.1. The van der Waals surface area contributed by atoms with E-state index >= 15 is 0 Å². The highest BCUT2D eigenvalue weighted by atomic mass is 32.2. The molecule has 3 N–H and O–H groups in total. The lowest BCUT2D eigenvalue weighted by Gasteiger charge is -2.14. The van der Waals surface area contributed by atoms with Gasteiger partial charge in [0.15, 0.2) is 0 Å². The average Bonchev–Trinajstić information content (AvgIpc) is 2.45. The Morgan fingerprint density at radius 3 is 2.58 bits per heavy atom. The monoisotopic (exact) mass is 274 g/mol. The molecule has 0 fully saturated rings. The first-order valence-electron chi connectivity index (χ1n) is 6.20. The molecule has 0 aliphatic carbocycles. The van der Waals surface area contributed by atoms with Crippen molar-refractivity contribution in [2.75, 3.05) is 5.43 Å². The summed E-state index contributed by atoms with van der Waals surface area (Å²) in [5.41, 5.74) is 5.01. The molecule has 0 unspecified atom stereocenters. The summed E-state index contributed by atoms with van der Waals surface area (Å²) in [6, 6.07) is 10.4. The van der Waals surface area contributed by atoms with Gasteiger partial charge in [-0.05, 0) is 11.5 Å². The van der Waals surface area contributed by atoms with E-state index in [-0.39, 0.29) is 0 Å². The molecule has 0 radical (unpaired) electrons. The van der Waals surface area contributed by atoms with E-state index in [0.29, 0.717) is 11.7 Å². The Hall–Kier alpha value is -1.59. The summed E-state index contributed by atoms with van der Waals surface area (Å²) in [5.74, 6) is 7.44. The van der Waals surface area contributed by atoms with E-state index in [2.05, 4.69) is 41.4 Å². The Morgan fingerprint density at radius 1 is 1.21 bits per heavy atom. The van der Waals surface area contributed by atoms with Crippen molar-refractivity contribution in [2.24, 2.45) is 5.84 Å². The molecule has 2 rings (SSSR count). The Balaban J connectivity index is 2.20. The largest absolute Gasteiger partial charge is 0.308 e. The number of nitrogens with two attached hydrogens (primary N) is 1. The second-order valence-corrected chi connectivity index (χ2v) is 5.48. The minimum atomic E-state index is 0.325. The summed E-state index contributed by atoms with van der Waals surface area (Å²) in [5, 5.41) is 0.988. The van der Waals surface area contributed by atoms with Gasteiger partial charge in [0.25, 0.3) is 0 Å². The molecule has 0 aliphatic rings. The molecule has 0 amide bonds. The number of hydrazine groups is 1. The molecule has 0 aliphatic heterocycles. The van der Waals surface area contributed by atoms with Gasteiger partial charge >= 0.3 is 0 Å². The number of nitrogen functional groups attached to an aromatic ring is 1. The number of benzene rings is 1. The van der Waals surface area contributed by atoms with Crippen molar-refractivity contribution in [1.82, 2.24) is 9.97 Å². The van der Waals surface area contributed by atoms with E-state index in [1.54, 1.807) is 18.1 Å². The fourth-order valence-electron chi connectivity index (χ4n) is 1.86. The SMILES string of the molecule is CC(C)c1c(NN)ncnc1SCc1ccccc1. The highest BCUT2D eigenvalue weighted by molar-refractivity contribution is 7.98. The van der Waals surface area contributed by atoms with Gasteiger partial charge < -0.3 is 5.43 Å². The van der Waals surface area contributed by atoms with Crippen LogP contribution < -0.4 is 11.3 Å². The van der Waals surface area contributed by atoms with Crippen LogP contribution in [0.15, 0.2) is 41.7 Å². The molecule has 2 aromatic rings. The van der Waals surface area contributed by atoms with E-state index in [4.69, 9.17) is 5.84 Å². The molecule has 1 heterocycles. The summed E-state index contributed by atoms with van der Waals surface area (Å²) in [6.45, 7) is 4.23. The molecular weight excluding hydrogens is 256 g/mol. The van der Waals surface area contributed by atoms with Crippen LogP contribution in [0.5, 0.6) is 0 Å². The molecule has 4 nitrogen and oxygen atoms in total. The third-order valence-electron chi connectivity index (χ3n) is 2.78.